The average Bonchev–Trinajstić information content (AvgIpc) is 2.60. The van der Waals surface area contributed by atoms with Gasteiger partial charge in [-0.1, -0.05) is 48.5 Å². The molecule has 0 aliphatic carbocycles. The van der Waals surface area contributed by atoms with Gasteiger partial charge in [-0.15, -0.1) is 0 Å². The fraction of sp³-hybridized carbons (Fsp3) is 0.250. The van der Waals surface area contributed by atoms with Gasteiger partial charge < -0.3 is 10.0 Å². The van der Waals surface area contributed by atoms with Crippen LogP contribution in [-0.4, -0.2) is 48.7 Å². The molecule has 1 aliphatic rings. The third-order valence-electron chi connectivity index (χ3n) is 4.79. The number of fused-ring (bicyclic) bond motifs is 2. The molecule has 0 atom stereocenters. The van der Waals surface area contributed by atoms with Gasteiger partial charge in [-0.3, -0.25) is 9.69 Å². The molecule has 4 nitrogen and oxygen atoms in total. The summed E-state index contributed by atoms with van der Waals surface area (Å²) in [5.41, 5.74) is 1.28. The predicted octanol–water partition coefficient (Wildman–Crippen LogP) is 3.20. The maximum atomic E-state index is 10.9. The summed E-state index contributed by atoms with van der Waals surface area (Å²) in [7, 11) is 0. The summed E-state index contributed by atoms with van der Waals surface area (Å²) in [4.78, 5) is 15.3. The van der Waals surface area contributed by atoms with Crippen LogP contribution in [0.1, 0.15) is 0 Å². The molecule has 1 N–H and O–H groups in total. The minimum Gasteiger partial charge on any atom is -0.480 e. The lowest BCUT2D eigenvalue weighted by molar-refractivity contribution is -0.138. The Balaban J connectivity index is 1.76. The highest BCUT2D eigenvalue weighted by atomic mass is 16.4. The maximum absolute atomic E-state index is 10.9. The van der Waals surface area contributed by atoms with E-state index in [9.17, 15) is 4.79 Å². The third kappa shape index (κ3) is 2.69. The number of hydrogen-bond donors (Lipinski definition) is 1. The number of anilines is 1. The smallest absolute Gasteiger partial charge is 0.317 e. The summed E-state index contributed by atoms with van der Waals surface area (Å²) in [6, 6.07) is 19.2. The van der Waals surface area contributed by atoms with E-state index in [1.807, 2.05) is 4.90 Å². The monoisotopic (exact) mass is 320 g/mol. The molecule has 1 fully saturated rings. The SMILES string of the molecule is O=C(O)CN1CCN(c2c3ccccc3cc3ccccc23)CC1. The fourth-order valence-corrected chi connectivity index (χ4v) is 3.65. The number of rotatable bonds is 3. The van der Waals surface area contributed by atoms with Crippen LogP contribution in [-0.2, 0) is 4.79 Å². The van der Waals surface area contributed by atoms with Crippen molar-refractivity contribution >= 4 is 33.2 Å². The third-order valence-corrected chi connectivity index (χ3v) is 4.79. The van der Waals surface area contributed by atoms with E-state index in [0.717, 1.165) is 26.2 Å². The van der Waals surface area contributed by atoms with E-state index in [1.54, 1.807) is 0 Å². The molecule has 3 aromatic rings. The second kappa shape index (κ2) is 6.13. The molecule has 3 aromatic carbocycles. The van der Waals surface area contributed by atoms with Gasteiger partial charge in [0.25, 0.3) is 0 Å². The average molecular weight is 320 g/mol. The first-order chi connectivity index (χ1) is 11.7. The van der Waals surface area contributed by atoms with Gasteiger partial charge in [-0.05, 0) is 16.8 Å². The first-order valence-corrected chi connectivity index (χ1v) is 8.32. The molecule has 4 rings (SSSR count). The molecule has 1 saturated heterocycles. The van der Waals surface area contributed by atoms with Gasteiger partial charge in [0.05, 0.1) is 12.2 Å². The molecule has 1 heterocycles. The summed E-state index contributed by atoms with van der Waals surface area (Å²) >= 11 is 0. The maximum Gasteiger partial charge on any atom is 0.317 e. The number of piperazine rings is 1. The molecular weight excluding hydrogens is 300 g/mol. The first-order valence-electron chi connectivity index (χ1n) is 8.32. The Morgan fingerprint density at radius 3 is 1.96 bits per heavy atom. The minimum atomic E-state index is -0.751. The lowest BCUT2D eigenvalue weighted by Gasteiger charge is -2.36. The zero-order chi connectivity index (χ0) is 16.5. The topological polar surface area (TPSA) is 43.8 Å². The van der Waals surface area contributed by atoms with Crippen molar-refractivity contribution in [1.82, 2.24) is 4.90 Å². The number of nitrogens with zero attached hydrogens (tertiary/aromatic N) is 2. The van der Waals surface area contributed by atoms with Crippen molar-refractivity contribution in [1.29, 1.82) is 0 Å². The predicted molar refractivity (Wildman–Crippen MR) is 97.7 cm³/mol. The number of carbonyl (C=O) groups is 1. The summed E-state index contributed by atoms with van der Waals surface area (Å²) in [5.74, 6) is -0.751. The van der Waals surface area contributed by atoms with Crippen molar-refractivity contribution in [2.45, 2.75) is 0 Å². The van der Waals surface area contributed by atoms with Crippen molar-refractivity contribution in [2.24, 2.45) is 0 Å². The van der Waals surface area contributed by atoms with Crippen molar-refractivity contribution in [3.05, 3.63) is 54.6 Å². The lowest BCUT2D eigenvalue weighted by atomic mass is 9.99. The summed E-state index contributed by atoms with van der Waals surface area (Å²) in [6.45, 7) is 3.40. The Hall–Kier alpha value is -2.59. The van der Waals surface area contributed by atoms with Gasteiger partial charge in [0, 0.05) is 37.0 Å². The van der Waals surface area contributed by atoms with E-state index in [0.29, 0.717) is 0 Å². The van der Waals surface area contributed by atoms with Gasteiger partial charge in [-0.25, -0.2) is 0 Å². The van der Waals surface area contributed by atoms with E-state index in [2.05, 4.69) is 59.5 Å². The van der Waals surface area contributed by atoms with Gasteiger partial charge >= 0.3 is 5.97 Å². The normalized spacial score (nSPS) is 15.9. The first kappa shape index (κ1) is 15.0. The molecule has 0 unspecified atom stereocenters. The number of benzene rings is 3. The van der Waals surface area contributed by atoms with Crippen molar-refractivity contribution in [2.75, 3.05) is 37.6 Å². The van der Waals surface area contributed by atoms with Gasteiger partial charge in [0.1, 0.15) is 0 Å². The van der Waals surface area contributed by atoms with Crippen LogP contribution in [0.4, 0.5) is 5.69 Å². The van der Waals surface area contributed by atoms with Crippen molar-refractivity contribution in [3.63, 3.8) is 0 Å². The molecule has 0 bridgehead atoms. The minimum absolute atomic E-state index is 0.129. The quantitative estimate of drug-likeness (QED) is 0.753. The van der Waals surface area contributed by atoms with E-state index in [-0.39, 0.29) is 6.54 Å². The van der Waals surface area contributed by atoms with Crippen LogP contribution in [0.25, 0.3) is 21.5 Å². The summed E-state index contributed by atoms with van der Waals surface area (Å²) < 4.78 is 0. The second-order valence-electron chi connectivity index (χ2n) is 6.32. The second-order valence-corrected chi connectivity index (χ2v) is 6.32. The molecule has 0 saturated carbocycles. The molecule has 122 valence electrons. The van der Waals surface area contributed by atoms with Gasteiger partial charge in [-0.2, -0.15) is 0 Å². The number of carboxylic acids is 1. The Labute approximate surface area is 140 Å². The Bertz CT molecular complexity index is 844. The number of hydrogen-bond acceptors (Lipinski definition) is 3. The van der Waals surface area contributed by atoms with Crippen LogP contribution in [0.2, 0.25) is 0 Å². The highest BCUT2D eigenvalue weighted by molar-refractivity contribution is 6.11. The Kier molecular flexibility index (Phi) is 3.82. The van der Waals surface area contributed by atoms with Crippen LogP contribution >= 0.6 is 0 Å². The van der Waals surface area contributed by atoms with Crippen LogP contribution in [0.15, 0.2) is 54.6 Å². The molecule has 1 aliphatic heterocycles. The Morgan fingerprint density at radius 2 is 1.42 bits per heavy atom. The fourth-order valence-electron chi connectivity index (χ4n) is 3.65. The largest absolute Gasteiger partial charge is 0.480 e. The Morgan fingerprint density at radius 1 is 0.875 bits per heavy atom. The summed E-state index contributed by atoms with van der Waals surface area (Å²) in [5, 5.41) is 14.0. The van der Waals surface area contributed by atoms with E-state index in [4.69, 9.17) is 5.11 Å². The van der Waals surface area contributed by atoms with E-state index in [1.165, 1.54) is 27.2 Å². The molecule has 0 radical (unpaired) electrons. The lowest BCUT2D eigenvalue weighted by Crippen LogP contribution is -2.48. The molecule has 0 amide bonds. The van der Waals surface area contributed by atoms with Crippen LogP contribution in [0, 0.1) is 0 Å². The molecule has 0 aromatic heterocycles. The highest BCUT2D eigenvalue weighted by Crippen LogP contribution is 2.35. The zero-order valence-electron chi connectivity index (χ0n) is 13.5. The van der Waals surface area contributed by atoms with Crippen LogP contribution in [0.3, 0.4) is 0 Å². The van der Waals surface area contributed by atoms with Crippen molar-refractivity contribution in [3.8, 4) is 0 Å². The van der Waals surface area contributed by atoms with E-state index >= 15 is 0 Å². The number of aliphatic carboxylic acids is 1. The van der Waals surface area contributed by atoms with Crippen LogP contribution in [0.5, 0.6) is 0 Å². The molecule has 4 heteroatoms. The van der Waals surface area contributed by atoms with Crippen LogP contribution < -0.4 is 4.90 Å². The molecule has 24 heavy (non-hydrogen) atoms. The highest BCUT2D eigenvalue weighted by Gasteiger charge is 2.21. The standard InChI is InChI=1S/C20H20N2O2/c23-19(24)14-21-9-11-22(12-10-21)20-17-7-3-1-5-15(17)13-16-6-2-4-8-18(16)20/h1-8,13H,9-12,14H2,(H,23,24). The zero-order valence-corrected chi connectivity index (χ0v) is 13.5. The van der Waals surface area contributed by atoms with Gasteiger partial charge in [0.2, 0.25) is 0 Å². The van der Waals surface area contributed by atoms with Crippen molar-refractivity contribution < 1.29 is 9.90 Å². The number of carboxylic acid groups (broad SMARTS) is 1. The summed E-state index contributed by atoms with van der Waals surface area (Å²) in [6.07, 6.45) is 0. The van der Waals surface area contributed by atoms with E-state index < -0.39 is 5.97 Å². The molecule has 0 spiro atoms. The molecular formula is C20H20N2O2. The van der Waals surface area contributed by atoms with Gasteiger partial charge in [0.15, 0.2) is 0 Å².